The number of aliphatic hydroxyl groups excluding tert-OH is 1. The van der Waals surface area contributed by atoms with Crippen LogP contribution in [0.2, 0.25) is 0 Å². The summed E-state index contributed by atoms with van der Waals surface area (Å²) in [6.45, 7) is -1.35. The van der Waals surface area contributed by atoms with Crippen molar-refractivity contribution in [1.29, 1.82) is 0 Å². The van der Waals surface area contributed by atoms with Gasteiger partial charge >= 0.3 is 0 Å². The van der Waals surface area contributed by atoms with E-state index in [0.29, 0.717) is 6.54 Å². The number of nitrogens with one attached hydrogen (secondary N) is 1. The monoisotopic (exact) mass is 281 g/mol. The fourth-order valence-electron chi connectivity index (χ4n) is 1.96. The van der Waals surface area contributed by atoms with E-state index in [4.69, 9.17) is 9.84 Å². The molecule has 0 atom stereocenters. The molecular weight excluding hydrogens is 264 g/mol. The van der Waals surface area contributed by atoms with E-state index in [0.717, 1.165) is 22.1 Å². The number of hydrogen-bond donors (Lipinski definition) is 2. The van der Waals surface area contributed by atoms with Gasteiger partial charge in [0, 0.05) is 6.54 Å². The molecule has 0 spiro atoms. The Kier molecular flexibility index (Phi) is 4.52. The van der Waals surface area contributed by atoms with Gasteiger partial charge in [0.2, 0.25) is 0 Å². The number of fused-ring (bicyclic) bond motifs is 1. The maximum atomic E-state index is 12.9. The van der Waals surface area contributed by atoms with Crippen molar-refractivity contribution in [2.45, 2.75) is 12.5 Å². The van der Waals surface area contributed by atoms with Gasteiger partial charge in [-0.05, 0) is 34.5 Å². The van der Waals surface area contributed by atoms with Crippen LogP contribution in [0, 0.1) is 0 Å². The SMILES string of the molecule is COc1ccc2cc(CNCC(F)(F)CO)ccc2c1. The van der Waals surface area contributed by atoms with E-state index in [1.807, 2.05) is 36.4 Å². The number of alkyl halides is 2. The van der Waals surface area contributed by atoms with Gasteiger partial charge in [-0.3, -0.25) is 0 Å². The van der Waals surface area contributed by atoms with Crippen molar-refractivity contribution in [2.75, 3.05) is 20.3 Å². The largest absolute Gasteiger partial charge is 0.497 e. The summed E-state index contributed by atoms with van der Waals surface area (Å²) in [4.78, 5) is 0. The van der Waals surface area contributed by atoms with E-state index in [2.05, 4.69) is 5.32 Å². The highest BCUT2D eigenvalue weighted by molar-refractivity contribution is 5.84. The number of rotatable bonds is 6. The minimum Gasteiger partial charge on any atom is -0.497 e. The van der Waals surface area contributed by atoms with Crippen molar-refractivity contribution in [1.82, 2.24) is 5.32 Å². The number of benzene rings is 2. The Morgan fingerprint density at radius 3 is 2.55 bits per heavy atom. The van der Waals surface area contributed by atoms with Crippen LogP contribution >= 0.6 is 0 Å². The quantitative estimate of drug-likeness (QED) is 0.855. The van der Waals surface area contributed by atoms with Crippen LogP contribution in [0.1, 0.15) is 5.56 Å². The molecule has 0 aliphatic carbocycles. The van der Waals surface area contributed by atoms with Crippen LogP contribution < -0.4 is 10.1 Å². The topological polar surface area (TPSA) is 41.5 Å². The van der Waals surface area contributed by atoms with E-state index >= 15 is 0 Å². The van der Waals surface area contributed by atoms with Crippen LogP contribution in [-0.2, 0) is 6.54 Å². The number of halogens is 2. The van der Waals surface area contributed by atoms with Gasteiger partial charge in [0.1, 0.15) is 12.4 Å². The van der Waals surface area contributed by atoms with Crippen LogP contribution in [0.5, 0.6) is 5.75 Å². The molecule has 2 aromatic carbocycles. The lowest BCUT2D eigenvalue weighted by Gasteiger charge is -2.14. The first kappa shape index (κ1) is 14.7. The summed E-state index contributed by atoms with van der Waals surface area (Å²) in [5.41, 5.74) is 0.913. The van der Waals surface area contributed by atoms with Gasteiger partial charge in [0.15, 0.2) is 0 Å². The summed E-state index contributed by atoms with van der Waals surface area (Å²) >= 11 is 0. The fourth-order valence-corrected chi connectivity index (χ4v) is 1.96. The molecule has 0 fully saturated rings. The van der Waals surface area contributed by atoms with Gasteiger partial charge in [-0.25, -0.2) is 8.78 Å². The summed E-state index contributed by atoms with van der Waals surface area (Å²) in [5.74, 6) is -2.30. The molecule has 5 heteroatoms. The Labute approximate surface area is 116 Å². The zero-order valence-corrected chi connectivity index (χ0v) is 11.2. The molecule has 0 heterocycles. The molecule has 0 bridgehead atoms. The maximum Gasteiger partial charge on any atom is 0.282 e. The average molecular weight is 281 g/mol. The smallest absolute Gasteiger partial charge is 0.282 e. The Bertz CT molecular complexity index is 587. The minimum absolute atomic E-state index is 0.331. The zero-order chi connectivity index (χ0) is 14.6. The zero-order valence-electron chi connectivity index (χ0n) is 11.2. The lowest BCUT2D eigenvalue weighted by atomic mass is 10.1. The standard InChI is InChI=1S/C15H17F2NO2/c1-20-14-5-4-12-6-11(2-3-13(12)7-14)8-18-9-15(16,17)10-19/h2-7,18-19H,8-10H2,1H3. The summed E-state index contributed by atoms with van der Waals surface area (Å²) in [6.07, 6.45) is 0. The second-order valence-electron chi connectivity index (χ2n) is 4.67. The molecule has 0 amide bonds. The number of methoxy groups -OCH3 is 1. The maximum absolute atomic E-state index is 12.9. The first-order valence-electron chi connectivity index (χ1n) is 6.30. The molecule has 0 aliphatic heterocycles. The third-order valence-corrected chi connectivity index (χ3v) is 3.06. The van der Waals surface area contributed by atoms with E-state index in [-0.39, 0.29) is 0 Å². The lowest BCUT2D eigenvalue weighted by Crippen LogP contribution is -2.35. The second kappa shape index (κ2) is 6.15. The highest BCUT2D eigenvalue weighted by atomic mass is 19.3. The van der Waals surface area contributed by atoms with Crippen LogP contribution in [0.4, 0.5) is 8.78 Å². The Balaban J connectivity index is 2.05. The molecule has 0 aliphatic rings. The number of hydrogen-bond acceptors (Lipinski definition) is 3. The molecule has 2 aromatic rings. The normalized spacial score (nSPS) is 11.8. The van der Waals surface area contributed by atoms with Crippen LogP contribution in [0.3, 0.4) is 0 Å². The van der Waals surface area contributed by atoms with Crippen LogP contribution in [0.15, 0.2) is 36.4 Å². The van der Waals surface area contributed by atoms with Crippen LogP contribution in [0.25, 0.3) is 10.8 Å². The van der Waals surface area contributed by atoms with Crippen molar-refractivity contribution in [3.63, 3.8) is 0 Å². The first-order valence-corrected chi connectivity index (χ1v) is 6.30. The van der Waals surface area contributed by atoms with E-state index in [9.17, 15) is 8.78 Å². The van der Waals surface area contributed by atoms with E-state index in [1.165, 1.54) is 0 Å². The Morgan fingerprint density at radius 2 is 1.85 bits per heavy atom. The molecular formula is C15H17F2NO2. The predicted octanol–water partition coefficient (Wildman–Crippen LogP) is 2.57. The molecule has 0 saturated heterocycles. The van der Waals surface area contributed by atoms with Gasteiger partial charge in [-0.1, -0.05) is 18.2 Å². The second-order valence-corrected chi connectivity index (χ2v) is 4.67. The van der Waals surface area contributed by atoms with Gasteiger partial charge in [-0.15, -0.1) is 0 Å². The molecule has 20 heavy (non-hydrogen) atoms. The Hall–Kier alpha value is -1.72. The van der Waals surface area contributed by atoms with Crippen molar-refractivity contribution >= 4 is 10.8 Å². The van der Waals surface area contributed by atoms with Crippen LogP contribution in [-0.4, -0.2) is 31.3 Å². The molecule has 108 valence electrons. The molecule has 2 rings (SSSR count). The van der Waals surface area contributed by atoms with Crippen molar-refractivity contribution < 1.29 is 18.6 Å². The predicted molar refractivity (Wildman–Crippen MR) is 74.2 cm³/mol. The average Bonchev–Trinajstić information content (AvgIpc) is 2.46. The minimum atomic E-state index is -3.08. The number of ether oxygens (including phenoxy) is 1. The van der Waals surface area contributed by atoms with Gasteiger partial charge in [0.25, 0.3) is 5.92 Å². The number of aliphatic hydroxyl groups is 1. The first-order chi connectivity index (χ1) is 9.54. The van der Waals surface area contributed by atoms with E-state index < -0.39 is 19.1 Å². The van der Waals surface area contributed by atoms with Gasteiger partial charge in [-0.2, -0.15) is 0 Å². The third-order valence-electron chi connectivity index (χ3n) is 3.06. The summed E-state index contributed by atoms with van der Waals surface area (Å²) in [5, 5.41) is 13.2. The molecule has 0 aromatic heterocycles. The van der Waals surface area contributed by atoms with Gasteiger partial charge in [0.05, 0.1) is 13.7 Å². The summed E-state index contributed by atoms with van der Waals surface area (Å²) in [7, 11) is 1.61. The van der Waals surface area contributed by atoms with Crippen molar-refractivity contribution in [3.05, 3.63) is 42.0 Å². The highest BCUT2D eigenvalue weighted by Gasteiger charge is 2.26. The Morgan fingerprint density at radius 1 is 1.15 bits per heavy atom. The fraction of sp³-hybridized carbons (Fsp3) is 0.333. The molecule has 0 radical (unpaired) electrons. The van der Waals surface area contributed by atoms with Crippen molar-refractivity contribution in [3.8, 4) is 5.75 Å². The molecule has 3 nitrogen and oxygen atoms in total. The highest BCUT2D eigenvalue weighted by Crippen LogP contribution is 2.22. The molecule has 0 unspecified atom stereocenters. The molecule has 2 N–H and O–H groups in total. The lowest BCUT2D eigenvalue weighted by molar-refractivity contribution is -0.0477. The van der Waals surface area contributed by atoms with Gasteiger partial charge < -0.3 is 15.2 Å². The molecule has 0 saturated carbocycles. The summed E-state index contributed by atoms with van der Waals surface area (Å²) in [6, 6.07) is 11.5. The van der Waals surface area contributed by atoms with Crippen molar-refractivity contribution in [2.24, 2.45) is 0 Å². The van der Waals surface area contributed by atoms with E-state index in [1.54, 1.807) is 7.11 Å². The third kappa shape index (κ3) is 3.65. The summed E-state index contributed by atoms with van der Waals surface area (Å²) < 4.78 is 30.9.